The van der Waals surface area contributed by atoms with E-state index >= 15 is 0 Å². The van der Waals surface area contributed by atoms with Crippen molar-refractivity contribution in [2.45, 2.75) is 63.6 Å². The molecule has 0 atom stereocenters. The lowest BCUT2D eigenvalue weighted by molar-refractivity contribution is 0.0703. The zero-order valence-corrected chi connectivity index (χ0v) is 15.3. The third-order valence-corrected chi connectivity index (χ3v) is 5.87. The Balaban J connectivity index is 1.42. The molecule has 1 saturated heterocycles. The molecule has 2 fully saturated rings. The highest BCUT2D eigenvalue weighted by atomic mass is 32.1. The maximum absolute atomic E-state index is 12.5. The minimum atomic E-state index is -0.0660. The maximum atomic E-state index is 12.5. The zero-order chi connectivity index (χ0) is 17.6. The summed E-state index contributed by atoms with van der Waals surface area (Å²) in [6.07, 6.45) is 7.40. The van der Waals surface area contributed by atoms with E-state index in [0.717, 1.165) is 30.7 Å². The average molecular weight is 366 g/mol. The molecular formula is C17H27N5O2S. The van der Waals surface area contributed by atoms with Gasteiger partial charge in [0, 0.05) is 37.1 Å². The van der Waals surface area contributed by atoms with Crippen LogP contribution in [0.1, 0.15) is 60.4 Å². The summed E-state index contributed by atoms with van der Waals surface area (Å²) in [5.74, 6) is -0.0407. The van der Waals surface area contributed by atoms with Gasteiger partial charge in [0.25, 0.3) is 5.91 Å². The number of piperidine rings is 1. The molecule has 0 bridgehead atoms. The highest BCUT2D eigenvalue weighted by molar-refractivity contribution is 7.09. The molecule has 1 aromatic rings. The smallest absolute Gasteiger partial charge is 0.315 e. The topological polar surface area (TPSA) is 100 Å². The van der Waals surface area contributed by atoms with Crippen molar-refractivity contribution >= 4 is 23.3 Å². The summed E-state index contributed by atoms with van der Waals surface area (Å²) >= 11 is 1.42. The third-order valence-electron chi connectivity index (χ3n) is 5.00. The van der Waals surface area contributed by atoms with Gasteiger partial charge in [-0.2, -0.15) is 0 Å². The van der Waals surface area contributed by atoms with Crippen molar-refractivity contribution in [3.63, 3.8) is 0 Å². The molecule has 3 rings (SSSR count). The van der Waals surface area contributed by atoms with E-state index in [1.54, 1.807) is 5.38 Å². The second-order valence-corrected chi connectivity index (χ2v) is 7.79. The Morgan fingerprint density at radius 1 is 1.12 bits per heavy atom. The summed E-state index contributed by atoms with van der Waals surface area (Å²) in [5.41, 5.74) is 6.03. The van der Waals surface area contributed by atoms with Crippen LogP contribution in [0.25, 0.3) is 0 Å². The van der Waals surface area contributed by atoms with Crippen LogP contribution in [0.5, 0.6) is 0 Å². The summed E-state index contributed by atoms with van der Waals surface area (Å²) in [6.45, 7) is 1.64. The fraction of sp³-hybridized carbons (Fsp3) is 0.706. The van der Waals surface area contributed by atoms with Gasteiger partial charge in [0.2, 0.25) is 0 Å². The number of nitrogens with two attached hydrogens (primary N) is 1. The van der Waals surface area contributed by atoms with Crippen molar-refractivity contribution in [3.05, 3.63) is 16.1 Å². The van der Waals surface area contributed by atoms with Crippen LogP contribution in [0.15, 0.2) is 5.38 Å². The van der Waals surface area contributed by atoms with E-state index in [1.165, 1.54) is 30.6 Å². The van der Waals surface area contributed by atoms with Gasteiger partial charge in [0.05, 0.1) is 0 Å². The summed E-state index contributed by atoms with van der Waals surface area (Å²) < 4.78 is 0. The van der Waals surface area contributed by atoms with Gasteiger partial charge in [-0.1, -0.05) is 19.3 Å². The van der Waals surface area contributed by atoms with Crippen LogP contribution in [-0.2, 0) is 6.54 Å². The molecule has 8 heteroatoms. The molecule has 1 saturated carbocycles. The molecule has 1 aliphatic heterocycles. The zero-order valence-electron chi connectivity index (χ0n) is 14.5. The summed E-state index contributed by atoms with van der Waals surface area (Å²) in [4.78, 5) is 30.7. The number of carbonyl (C=O) groups excluding carboxylic acids is 2. The number of hydrogen-bond donors (Lipinski definition) is 3. The molecule has 0 aromatic carbocycles. The summed E-state index contributed by atoms with van der Waals surface area (Å²) in [6, 6.07) is 0.378. The lowest BCUT2D eigenvalue weighted by atomic mass is 9.96. The number of aromatic nitrogens is 1. The van der Waals surface area contributed by atoms with Crippen molar-refractivity contribution in [1.29, 1.82) is 0 Å². The number of hydrogen-bond acceptors (Lipinski definition) is 5. The highest BCUT2D eigenvalue weighted by Gasteiger charge is 2.26. The van der Waals surface area contributed by atoms with Crippen molar-refractivity contribution in [3.8, 4) is 0 Å². The molecule has 0 spiro atoms. The minimum absolute atomic E-state index is 0.0407. The number of nitrogens with zero attached hydrogens (tertiary/aromatic N) is 2. The summed E-state index contributed by atoms with van der Waals surface area (Å²) in [7, 11) is 0. The van der Waals surface area contributed by atoms with Crippen molar-refractivity contribution < 1.29 is 9.59 Å². The second-order valence-electron chi connectivity index (χ2n) is 6.85. The van der Waals surface area contributed by atoms with Gasteiger partial charge >= 0.3 is 6.03 Å². The van der Waals surface area contributed by atoms with E-state index < -0.39 is 0 Å². The normalized spacial score (nSPS) is 19.6. The molecule has 0 radical (unpaired) electrons. The minimum Gasteiger partial charge on any atom is -0.337 e. The molecule has 4 N–H and O–H groups in total. The predicted octanol–water partition coefficient (Wildman–Crippen LogP) is 1.84. The van der Waals surface area contributed by atoms with Crippen LogP contribution in [-0.4, -0.2) is 47.0 Å². The number of nitrogens with one attached hydrogen (secondary N) is 2. The van der Waals surface area contributed by atoms with Gasteiger partial charge in [0.15, 0.2) is 0 Å². The van der Waals surface area contributed by atoms with E-state index in [9.17, 15) is 9.59 Å². The van der Waals surface area contributed by atoms with Crippen LogP contribution in [0.4, 0.5) is 4.79 Å². The van der Waals surface area contributed by atoms with Crippen molar-refractivity contribution in [1.82, 2.24) is 20.5 Å². The Morgan fingerprint density at radius 2 is 1.76 bits per heavy atom. The molecule has 138 valence electrons. The fourth-order valence-electron chi connectivity index (χ4n) is 3.55. The molecule has 7 nitrogen and oxygen atoms in total. The van der Waals surface area contributed by atoms with E-state index in [2.05, 4.69) is 15.6 Å². The molecular weight excluding hydrogens is 338 g/mol. The highest BCUT2D eigenvalue weighted by Crippen LogP contribution is 2.18. The first-order valence-electron chi connectivity index (χ1n) is 9.16. The van der Waals surface area contributed by atoms with Crippen molar-refractivity contribution in [2.24, 2.45) is 5.73 Å². The molecule has 1 aliphatic carbocycles. The van der Waals surface area contributed by atoms with Gasteiger partial charge < -0.3 is 21.3 Å². The maximum Gasteiger partial charge on any atom is 0.315 e. The molecule has 0 unspecified atom stereocenters. The number of rotatable bonds is 4. The van der Waals surface area contributed by atoms with Gasteiger partial charge in [-0.25, -0.2) is 9.78 Å². The number of thiazole rings is 1. The number of urea groups is 1. The third kappa shape index (κ3) is 4.92. The number of amides is 3. The quantitative estimate of drug-likeness (QED) is 0.758. The van der Waals surface area contributed by atoms with Gasteiger partial charge in [0.1, 0.15) is 10.7 Å². The van der Waals surface area contributed by atoms with E-state index in [4.69, 9.17) is 5.73 Å². The Labute approximate surface area is 152 Å². The van der Waals surface area contributed by atoms with E-state index in [0.29, 0.717) is 31.4 Å². The summed E-state index contributed by atoms with van der Waals surface area (Å²) in [5, 5.41) is 8.69. The largest absolute Gasteiger partial charge is 0.337 e. The molecule has 3 amide bonds. The molecule has 2 aliphatic rings. The van der Waals surface area contributed by atoms with Crippen molar-refractivity contribution in [2.75, 3.05) is 13.1 Å². The standard InChI is InChI=1S/C17H27N5O2S/c18-10-15-21-14(11-25-15)16(23)22-8-6-13(7-9-22)20-17(24)19-12-4-2-1-3-5-12/h11-13H,1-10,18H2,(H2,19,20,24). The van der Waals surface area contributed by atoms with Crippen LogP contribution < -0.4 is 16.4 Å². The fourth-order valence-corrected chi connectivity index (χ4v) is 4.20. The van der Waals surface area contributed by atoms with Crippen LogP contribution in [0.2, 0.25) is 0 Å². The first kappa shape index (κ1) is 18.1. The van der Waals surface area contributed by atoms with Gasteiger partial charge in [-0.15, -0.1) is 11.3 Å². The number of likely N-dealkylation sites (tertiary alicyclic amines) is 1. The van der Waals surface area contributed by atoms with Crippen LogP contribution >= 0.6 is 11.3 Å². The average Bonchev–Trinajstić information content (AvgIpc) is 3.12. The van der Waals surface area contributed by atoms with Crippen LogP contribution in [0.3, 0.4) is 0 Å². The van der Waals surface area contributed by atoms with Gasteiger partial charge in [-0.3, -0.25) is 4.79 Å². The Bertz CT molecular complexity index is 592. The lowest BCUT2D eigenvalue weighted by Crippen LogP contribution is -2.51. The second kappa shape index (κ2) is 8.62. The van der Waals surface area contributed by atoms with E-state index in [1.807, 2.05) is 4.90 Å². The molecule has 2 heterocycles. The monoisotopic (exact) mass is 365 g/mol. The molecule has 25 heavy (non-hydrogen) atoms. The number of carbonyl (C=O) groups is 2. The first-order valence-corrected chi connectivity index (χ1v) is 10.0. The predicted molar refractivity (Wildman–Crippen MR) is 97.5 cm³/mol. The Kier molecular flexibility index (Phi) is 6.25. The van der Waals surface area contributed by atoms with Gasteiger partial charge in [-0.05, 0) is 25.7 Å². The Hall–Kier alpha value is -1.67. The first-order chi connectivity index (χ1) is 12.2. The van der Waals surface area contributed by atoms with E-state index in [-0.39, 0.29) is 18.0 Å². The van der Waals surface area contributed by atoms with Crippen LogP contribution in [0, 0.1) is 0 Å². The molecule has 1 aromatic heterocycles. The lowest BCUT2D eigenvalue weighted by Gasteiger charge is -2.32. The Morgan fingerprint density at radius 3 is 2.36 bits per heavy atom. The SMILES string of the molecule is NCc1nc(C(=O)N2CCC(NC(=O)NC3CCCCC3)CC2)cs1.